The predicted molar refractivity (Wildman–Crippen MR) is 74.8 cm³/mol. The second-order valence-electron chi connectivity index (χ2n) is 3.81. The van der Waals surface area contributed by atoms with Crippen molar-refractivity contribution >= 4 is 22.8 Å². The van der Waals surface area contributed by atoms with E-state index < -0.39 is 0 Å². The van der Waals surface area contributed by atoms with Crippen LogP contribution in [-0.4, -0.2) is 19.4 Å². The van der Waals surface area contributed by atoms with Crippen LogP contribution in [0.5, 0.6) is 5.75 Å². The smallest absolute Gasteiger partial charge is 0.174 e. The van der Waals surface area contributed by atoms with Gasteiger partial charge in [0.25, 0.3) is 0 Å². The molecule has 1 heterocycles. The van der Waals surface area contributed by atoms with Gasteiger partial charge in [0.1, 0.15) is 5.75 Å². The second kappa shape index (κ2) is 6.21. The normalized spacial score (nSPS) is 10.1. The summed E-state index contributed by atoms with van der Waals surface area (Å²) in [7, 11) is 1.64. The Balaban J connectivity index is 1.83. The van der Waals surface area contributed by atoms with Gasteiger partial charge in [0.15, 0.2) is 5.78 Å². The molecule has 1 aromatic carbocycles. The summed E-state index contributed by atoms with van der Waals surface area (Å²) in [6, 6.07) is 11.4. The molecule has 2 rings (SSSR count). The Labute approximate surface area is 110 Å². The van der Waals surface area contributed by atoms with E-state index in [1.165, 1.54) is 11.3 Å². The number of anilines is 1. The van der Waals surface area contributed by atoms with Crippen molar-refractivity contribution in [2.75, 3.05) is 19.0 Å². The Kier molecular flexibility index (Phi) is 4.36. The fourth-order valence-corrected chi connectivity index (χ4v) is 2.31. The SMILES string of the molecule is COc1cccc(NCCC(=O)c2cccs2)c1. The molecule has 18 heavy (non-hydrogen) atoms. The molecule has 0 atom stereocenters. The van der Waals surface area contributed by atoms with Crippen LogP contribution in [0.2, 0.25) is 0 Å². The summed E-state index contributed by atoms with van der Waals surface area (Å²) in [6.07, 6.45) is 0.498. The van der Waals surface area contributed by atoms with Gasteiger partial charge in [-0.2, -0.15) is 0 Å². The highest BCUT2D eigenvalue weighted by Gasteiger charge is 2.05. The van der Waals surface area contributed by atoms with Crippen LogP contribution in [-0.2, 0) is 0 Å². The van der Waals surface area contributed by atoms with Gasteiger partial charge in [-0.25, -0.2) is 0 Å². The number of benzene rings is 1. The fraction of sp³-hybridized carbons (Fsp3) is 0.214. The maximum Gasteiger partial charge on any atom is 0.174 e. The zero-order chi connectivity index (χ0) is 12.8. The molecule has 0 aliphatic rings. The van der Waals surface area contributed by atoms with E-state index in [2.05, 4.69) is 5.32 Å². The topological polar surface area (TPSA) is 38.3 Å². The summed E-state index contributed by atoms with van der Waals surface area (Å²) in [5.41, 5.74) is 0.966. The minimum atomic E-state index is 0.181. The highest BCUT2D eigenvalue weighted by atomic mass is 32.1. The van der Waals surface area contributed by atoms with Crippen LogP contribution >= 0.6 is 11.3 Å². The van der Waals surface area contributed by atoms with Crippen LogP contribution in [0.25, 0.3) is 0 Å². The highest BCUT2D eigenvalue weighted by molar-refractivity contribution is 7.12. The molecule has 0 saturated carbocycles. The van der Waals surface area contributed by atoms with Crippen LogP contribution in [0.4, 0.5) is 5.69 Å². The number of rotatable bonds is 6. The first-order valence-electron chi connectivity index (χ1n) is 5.74. The Hall–Kier alpha value is -1.81. The molecular formula is C14H15NO2S. The Bertz CT molecular complexity index is 508. The lowest BCUT2D eigenvalue weighted by Crippen LogP contribution is -2.07. The minimum Gasteiger partial charge on any atom is -0.497 e. The first kappa shape index (κ1) is 12.6. The molecule has 0 fully saturated rings. The van der Waals surface area contributed by atoms with E-state index >= 15 is 0 Å². The van der Waals surface area contributed by atoms with Crippen LogP contribution in [0, 0.1) is 0 Å². The van der Waals surface area contributed by atoms with Crippen LogP contribution in [0.1, 0.15) is 16.1 Å². The van der Waals surface area contributed by atoms with Crippen molar-refractivity contribution in [3.8, 4) is 5.75 Å². The molecule has 2 aromatic rings. The van der Waals surface area contributed by atoms with E-state index in [-0.39, 0.29) is 5.78 Å². The molecule has 0 aliphatic carbocycles. The first-order valence-corrected chi connectivity index (χ1v) is 6.62. The molecule has 0 radical (unpaired) electrons. The van der Waals surface area contributed by atoms with Gasteiger partial charge in [-0.3, -0.25) is 4.79 Å². The molecule has 3 nitrogen and oxygen atoms in total. The summed E-state index contributed by atoms with van der Waals surface area (Å²) in [5.74, 6) is 0.991. The van der Waals surface area contributed by atoms with E-state index in [4.69, 9.17) is 4.74 Å². The van der Waals surface area contributed by atoms with E-state index in [9.17, 15) is 4.79 Å². The average Bonchev–Trinajstić information content (AvgIpc) is 2.93. The molecule has 0 saturated heterocycles. The third-order valence-corrected chi connectivity index (χ3v) is 3.46. The third kappa shape index (κ3) is 3.34. The molecule has 0 amide bonds. The van der Waals surface area contributed by atoms with Gasteiger partial charge in [0.05, 0.1) is 12.0 Å². The summed E-state index contributed by atoms with van der Waals surface area (Å²) in [6.45, 7) is 0.629. The number of Topliss-reactive ketones (excluding diaryl/α,β-unsaturated/α-hetero) is 1. The monoisotopic (exact) mass is 261 g/mol. The number of thiophene rings is 1. The van der Waals surface area contributed by atoms with Crippen molar-refractivity contribution in [1.29, 1.82) is 0 Å². The summed E-state index contributed by atoms with van der Waals surface area (Å²) in [5, 5.41) is 5.14. The predicted octanol–water partition coefficient (Wildman–Crippen LogP) is 3.44. The first-order chi connectivity index (χ1) is 8.79. The number of hydrogen-bond donors (Lipinski definition) is 1. The minimum absolute atomic E-state index is 0.181. The molecule has 0 aliphatic heterocycles. The number of ketones is 1. The van der Waals surface area contributed by atoms with E-state index in [1.807, 2.05) is 41.8 Å². The van der Waals surface area contributed by atoms with Crippen molar-refractivity contribution in [2.24, 2.45) is 0 Å². The van der Waals surface area contributed by atoms with Crippen molar-refractivity contribution in [3.05, 3.63) is 46.7 Å². The van der Waals surface area contributed by atoms with Gasteiger partial charge in [-0.1, -0.05) is 12.1 Å². The fourth-order valence-electron chi connectivity index (χ4n) is 1.61. The van der Waals surface area contributed by atoms with Gasteiger partial charge in [0.2, 0.25) is 0 Å². The third-order valence-electron chi connectivity index (χ3n) is 2.55. The molecule has 0 unspecified atom stereocenters. The summed E-state index contributed by atoms with van der Waals surface area (Å²) < 4.78 is 5.14. The van der Waals surface area contributed by atoms with Crippen molar-refractivity contribution in [3.63, 3.8) is 0 Å². The van der Waals surface area contributed by atoms with Crippen LogP contribution in [0.3, 0.4) is 0 Å². The summed E-state index contributed by atoms with van der Waals surface area (Å²) in [4.78, 5) is 12.6. The number of carbonyl (C=O) groups is 1. The molecule has 1 N–H and O–H groups in total. The lowest BCUT2D eigenvalue weighted by Gasteiger charge is -2.07. The van der Waals surface area contributed by atoms with Gasteiger partial charge in [-0.15, -0.1) is 11.3 Å². The van der Waals surface area contributed by atoms with Gasteiger partial charge >= 0.3 is 0 Å². The number of nitrogens with one attached hydrogen (secondary N) is 1. The van der Waals surface area contributed by atoms with E-state index in [0.717, 1.165) is 16.3 Å². The van der Waals surface area contributed by atoms with E-state index in [1.54, 1.807) is 7.11 Å². The average molecular weight is 261 g/mol. The number of methoxy groups -OCH3 is 1. The molecular weight excluding hydrogens is 246 g/mol. The quantitative estimate of drug-likeness (QED) is 0.809. The molecule has 0 bridgehead atoms. The maximum absolute atomic E-state index is 11.8. The molecule has 1 aromatic heterocycles. The van der Waals surface area contributed by atoms with Crippen LogP contribution in [0.15, 0.2) is 41.8 Å². The standard InChI is InChI=1S/C14H15NO2S/c1-17-12-5-2-4-11(10-12)15-8-7-13(16)14-6-3-9-18-14/h2-6,9-10,15H,7-8H2,1H3. The molecule has 4 heteroatoms. The van der Waals surface area contributed by atoms with Gasteiger partial charge in [-0.05, 0) is 23.6 Å². The largest absolute Gasteiger partial charge is 0.497 e. The Morgan fingerprint density at radius 1 is 1.33 bits per heavy atom. The second-order valence-corrected chi connectivity index (χ2v) is 4.76. The molecule has 94 valence electrons. The zero-order valence-corrected chi connectivity index (χ0v) is 11.0. The van der Waals surface area contributed by atoms with Crippen LogP contribution < -0.4 is 10.1 Å². The summed E-state index contributed by atoms with van der Waals surface area (Å²) >= 11 is 1.49. The number of hydrogen-bond acceptors (Lipinski definition) is 4. The number of carbonyl (C=O) groups excluding carboxylic acids is 1. The lowest BCUT2D eigenvalue weighted by molar-refractivity contribution is 0.0990. The molecule has 0 spiro atoms. The maximum atomic E-state index is 11.8. The van der Waals surface area contributed by atoms with Crippen molar-refractivity contribution < 1.29 is 9.53 Å². The highest BCUT2D eigenvalue weighted by Crippen LogP contribution is 2.17. The van der Waals surface area contributed by atoms with Gasteiger partial charge in [0, 0.05) is 24.7 Å². The van der Waals surface area contributed by atoms with Crippen molar-refractivity contribution in [2.45, 2.75) is 6.42 Å². The van der Waals surface area contributed by atoms with E-state index in [0.29, 0.717) is 13.0 Å². The lowest BCUT2D eigenvalue weighted by atomic mass is 10.2. The Morgan fingerprint density at radius 2 is 2.22 bits per heavy atom. The zero-order valence-electron chi connectivity index (χ0n) is 10.2. The van der Waals surface area contributed by atoms with Gasteiger partial charge < -0.3 is 10.1 Å². The number of ether oxygens (including phenoxy) is 1. The van der Waals surface area contributed by atoms with Crippen molar-refractivity contribution in [1.82, 2.24) is 0 Å². The Morgan fingerprint density at radius 3 is 2.94 bits per heavy atom.